The van der Waals surface area contributed by atoms with Gasteiger partial charge in [0.05, 0.1) is 6.54 Å². The van der Waals surface area contributed by atoms with Crippen LogP contribution in [0.1, 0.15) is 60.6 Å². The van der Waals surface area contributed by atoms with Gasteiger partial charge in [-0.15, -0.1) is 11.3 Å². The summed E-state index contributed by atoms with van der Waals surface area (Å²) in [6, 6.07) is 10.2. The third-order valence-electron chi connectivity index (χ3n) is 7.06. The molecule has 3 aromatic rings. The van der Waals surface area contributed by atoms with Crippen molar-refractivity contribution >= 4 is 39.1 Å². The molecule has 6 heteroatoms. The summed E-state index contributed by atoms with van der Waals surface area (Å²) >= 11 is 1.62. The van der Waals surface area contributed by atoms with Gasteiger partial charge in [-0.2, -0.15) is 0 Å². The molecule has 1 aliphatic carbocycles. The van der Waals surface area contributed by atoms with Crippen LogP contribution in [0.15, 0.2) is 35.7 Å². The molecule has 1 fully saturated rings. The van der Waals surface area contributed by atoms with E-state index in [4.69, 9.17) is 0 Å². The fraction of sp³-hybridized carbons (Fsp3) is 0.440. The van der Waals surface area contributed by atoms with Crippen LogP contribution in [-0.4, -0.2) is 28.0 Å². The van der Waals surface area contributed by atoms with Crippen LogP contribution in [-0.2, 0) is 11.3 Å². The SMILES string of the molecule is Cc1ccc(N2C(=O)c3cc4ccsc4n3C[C@@]2(C)C(=O)NC2CCCCC2)cc1C. The maximum absolute atomic E-state index is 13.8. The van der Waals surface area contributed by atoms with Crippen LogP contribution in [0.5, 0.6) is 0 Å². The Bertz CT molecular complexity index is 1170. The second-order valence-corrected chi connectivity index (χ2v) is 10.2. The first-order valence-electron chi connectivity index (χ1n) is 11.2. The quantitative estimate of drug-likeness (QED) is 0.616. The Labute approximate surface area is 187 Å². The minimum Gasteiger partial charge on any atom is -0.351 e. The zero-order valence-electron chi connectivity index (χ0n) is 18.4. The summed E-state index contributed by atoms with van der Waals surface area (Å²) in [6.07, 6.45) is 5.57. The second-order valence-electron chi connectivity index (χ2n) is 9.29. The van der Waals surface area contributed by atoms with Crippen LogP contribution in [0.4, 0.5) is 5.69 Å². The normalized spacial score (nSPS) is 22.0. The molecule has 1 saturated carbocycles. The number of anilines is 1. The third-order valence-corrected chi connectivity index (χ3v) is 8.01. The van der Waals surface area contributed by atoms with Crippen LogP contribution >= 0.6 is 11.3 Å². The Hall–Kier alpha value is -2.60. The van der Waals surface area contributed by atoms with Gasteiger partial charge in [0.15, 0.2) is 0 Å². The lowest BCUT2D eigenvalue weighted by molar-refractivity contribution is -0.127. The van der Waals surface area contributed by atoms with Crippen LogP contribution < -0.4 is 10.2 Å². The van der Waals surface area contributed by atoms with Gasteiger partial charge in [0.1, 0.15) is 16.1 Å². The number of carbonyl (C=O) groups is 2. The lowest BCUT2D eigenvalue weighted by Crippen LogP contribution is -2.65. The average Bonchev–Trinajstić information content (AvgIpc) is 3.34. The number of aromatic nitrogens is 1. The molecular formula is C25H29N3O2S. The van der Waals surface area contributed by atoms with Crippen molar-refractivity contribution in [3.8, 4) is 0 Å². The maximum Gasteiger partial charge on any atom is 0.275 e. The lowest BCUT2D eigenvalue weighted by Gasteiger charge is -2.44. The first kappa shape index (κ1) is 20.3. The van der Waals surface area contributed by atoms with Crippen LogP contribution in [0.3, 0.4) is 0 Å². The molecule has 1 atom stereocenters. The molecule has 31 heavy (non-hydrogen) atoms. The van der Waals surface area contributed by atoms with Gasteiger partial charge in [0.2, 0.25) is 5.91 Å². The number of amides is 2. The predicted octanol–water partition coefficient (Wildman–Crippen LogP) is 5.19. The largest absolute Gasteiger partial charge is 0.351 e. The number of rotatable bonds is 3. The van der Waals surface area contributed by atoms with E-state index in [0.717, 1.165) is 47.2 Å². The maximum atomic E-state index is 13.8. The van der Waals surface area contributed by atoms with Crippen LogP contribution in [0.25, 0.3) is 10.2 Å². The van der Waals surface area contributed by atoms with Gasteiger partial charge in [-0.05, 0) is 74.4 Å². The zero-order valence-corrected chi connectivity index (χ0v) is 19.2. The molecule has 162 valence electrons. The summed E-state index contributed by atoms with van der Waals surface area (Å²) in [6.45, 7) is 6.47. The summed E-state index contributed by atoms with van der Waals surface area (Å²) in [7, 11) is 0. The van der Waals surface area contributed by atoms with Crippen molar-refractivity contribution in [2.75, 3.05) is 4.90 Å². The van der Waals surface area contributed by atoms with E-state index in [2.05, 4.69) is 12.2 Å². The van der Waals surface area contributed by atoms with Crippen molar-refractivity contribution in [1.29, 1.82) is 0 Å². The minimum absolute atomic E-state index is 0.0602. The van der Waals surface area contributed by atoms with Crippen molar-refractivity contribution in [3.05, 3.63) is 52.5 Å². The smallest absolute Gasteiger partial charge is 0.275 e. The van der Waals surface area contributed by atoms with E-state index in [9.17, 15) is 9.59 Å². The number of carbonyl (C=O) groups excluding carboxylic acids is 2. The molecule has 0 bridgehead atoms. The van der Waals surface area contributed by atoms with Gasteiger partial charge in [-0.25, -0.2) is 0 Å². The number of benzene rings is 1. The van der Waals surface area contributed by atoms with Gasteiger partial charge in [-0.3, -0.25) is 14.5 Å². The van der Waals surface area contributed by atoms with Crippen molar-refractivity contribution in [2.24, 2.45) is 0 Å². The van der Waals surface area contributed by atoms with E-state index < -0.39 is 5.54 Å². The van der Waals surface area contributed by atoms with Crippen molar-refractivity contribution < 1.29 is 9.59 Å². The molecule has 0 spiro atoms. The lowest BCUT2D eigenvalue weighted by atomic mass is 9.90. The number of aryl methyl sites for hydroxylation is 2. The van der Waals surface area contributed by atoms with E-state index in [1.807, 2.05) is 54.1 Å². The highest BCUT2D eigenvalue weighted by atomic mass is 32.1. The van der Waals surface area contributed by atoms with E-state index in [-0.39, 0.29) is 17.9 Å². The molecule has 0 radical (unpaired) electrons. The number of nitrogens with zero attached hydrogens (tertiary/aromatic N) is 2. The summed E-state index contributed by atoms with van der Waals surface area (Å²) in [5.74, 6) is -0.172. The Balaban J connectivity index is 1.61. The Morgan fingerprint density at radius 1 is 1.10 bits per heavy atom. The Kier molecular flexibility index (Phi) is 4.93. The number of thiophene rings is 1. The molecular weight excluding hydrogens is 406 g/mol. The molecule has 1 aliphatic heterocycles. The Morgan fingerprint density at radius 3 is 2.61 bits per heavy atom. The molecule has 1 N–H and O–H groups in total. The molecule has 2 aliphatic rings. The monoisotopic (exact) mass is 435 g/mol. The molecule has 1 aromatic carbocycles. The summed E-state index contributed by atoms with van der Waals surface area (Å²) < 4.78 is 2.04. The number of fused-ring (bicyclic) bond motifs is 3. The first-order chi connectivity index (χ1) is 14.9. The highest BCUT2D eigenvalue weighted by Crippen LogP contribution is 2.38. The summed E-state index contributed by atoms with van der Waals surface area (Å²) in [4.78, 5) is 30.4. The van der Waals surface area contributed by atoms with E-state index >= 15 is 0 Å². The molecule has 2 amide bonds. The number of nitrogens with one attached hydrogen (secondary N) is 1. The standard InChI is InChI=1S/C25H29N3O2S/c1-16-9-10-20(13-17(16)2)28-22(29)21-14-18-11-12-31-23(18)27(21)15-25(28,3)24(30)26-19-7-5-4-6-8-19/h9-14,19H,4-8,15H2,1-3H3,(H,26,30)/t25-/m0/s1. The molecule has 3 heterocycles. The number of hydrogen-bond donors (Lipinski definition) is 1. The summed E-state index contributed by atoms with van der Waals surface area (Å²) in [5.41, 5.74) is 2.72. The van der Waals surface area contributed by atoms with Gasteiger partial charge < -0.3 is 9.88 Å². The fourth-order valence-corrected chi connectivity index (χ4v) is 5.95. The zero-order chi connectivity index (χ0) is 21.8. The summed E-state index contributed by atoms with van der Waals surface area (Å²) in [5, 5.41) is 6.40. The highest BCUT2D eigenvalue weighted by molar-refractivity contribution is 7.16. The second kappa shape index (κ2) is 7.52. The van der Waals surface area contributed by atoms with Gasteiger partial charge in [0, 0.05) is 17.1 Å². The minimum atomic E-state index is -1.00. The highest BCUT2D eigenvalue weighted by Gasteiger charge is 2.49. The molecule has 5 nitrogen and oxygen atoms in total. The van der Waals surface area contributed by atoms with Crippen molar-refractivity contribution in [2.45, 2.75) is 71.0 Å². The van der Waals surface area contributed by atoms with Crippen molar-refractivity contribution in [1.82, 2.24) is 9.88 Å². The topological polar surface area (TPSA) is 54.3 Å². The van der Waals surface area contributed by atoms with Crippen LogP contribution in [0, 0.1) is 13.8 Å². The molecule has 0 saturated heterocycles. The predicted molar refractivity (Wildman–Crippen MR) is 126 cm³/mol. The van der Waals surface area contributed by atoms with Gasteiger partial charge in [0.25, 0.3) is 5.91 Å². The van der Waals surface area contributed by atoms with E-state index in [1.165, 1.54) is 12.0 Å². The first-order valence-corrected chi connectivity index (χ1v) is 12.1. The molecule has 0 unspecified atom stereocenters. The fourth-order valence-electron chi connectivity index (χ4n) is 5.05. The van der Waals surface area contributed by atoms with Crippen LogP contribution in [0.2, 0.25) is 0 Å². The van der Waals surface area contributed by atoms with Crippen molar-refractivity contribution in [3.63, 3.8) is 0 Å². The molecule has 2 aromatic heterocycles. The van der Waals surface area contributed by atoms with E-state index in [1.54, 1.807) is 16.2 Å². The Morgan fingerprint density at radius 2 is 1.87 bits per heavy atom. The number of hydrogen-bond acceptors (Lipinski definition) is 3. The van der Waals surface area contributed by atoms with Gasteiger partial charge in [-0.1, -0.05) is 25.3 Å². The molecule has 5 rings (SSSR count). The van der Waals surface area contributed by atoms with E-state index in [0.29, 0.717) is 12.2 Å². The van der Waals surface area contributed by atoms with Gasteiger partial charge >= 0.3 is 0 Å². The third kappa shape index (κ3) is 3.28. The average molecular weight is 436 g/mol.